The van der Waals surface area contributed by atoms with E-state index in [1.54, 1.807) is 6.92 Å². The van der Waals surface area contributed by atoms with Gasteiger partial charge in [0.1, 0.15) is 13.2 Å². The fourth-order valence-corrected chi connectivity index (χ4v) is 2.59. The SMILES string of the molecule is C=C(C)C(=O)OCCCC.C=C(C)C(=O)[O-].C=CCOC(=O)CC(C(=O)OCC=C)S(=O)(=O)O.C=Cc1ccccc1.[Na+]. The van der Waals surface area contributed by atoms with Crippen molar-refractivity contribution in [2.45, 2.75) is 45.3 Å². The van der Waals surface area contributed by atoms with Crippen molar-refractivity contribution in [3.05, 3.63) is 92.1 Å². The van der Waals surface area contributed by atoms with Gasteiger partial charge >= 0.3 is 47.5 Å². The van der Waals surface area contributed by atoms with Crippen LogP contribution in [0, 0.1) is 0 Å². The first-order chi connectivity index (χ1) is 19.6. The van der Waals surface area contributed by atoms with Crippen LogP contribution in [-0.4, -0.2) is 61.9 Å². The van der Waals surface area contributed by atoms with Crippen LogP contribution in [0.25, 0.3) is 6.08 Å². The molecule has 0 radical (unpaired) electrons. The normalized spacial score (nSPS) is 9.86. The Hall–Kier alpha value is -3.29. The zero-order valence-electron chi connectivity index (χ0n) is 25.4. The number of ether oxygens (including phenoxy) is 3. The molecule has 1 N–H and O–H groups in total. The van der Waals surface area contributed by atoms with Crippen LogP contribution >= 0.6 is 0 Å². The summed E-state index contributed by atoms with van der Waals surface area (Å²) in [6.07, 6.45) is 5.47. The summed E-state index contributed by atoms with van der Waals surface area (Å²) in [4.78, 5) is 42.7. The van der Waals surface area contributed by atoms with E-state index in [-0.39, 0.29) is 54.3 Å². The fourth-order valence-electron chi connectivity index (χ4n) is 1.93. The molecule has 0 aromatic heterocycles. The van der Waals surface area contributed by atoms with Gasteiger partial charge in [-0.2, -0.15) is 8.42 Å². The summed E-state index contributed by atoms with van der Waals surface area (Å²) in [6.45, 7) is 22.0. The number of hydrogen-bond donors (Lipinski definition) is 1. The summed E-state index contributed by atoms with van der Waals surface area (Å²) >= 11 is 0. The third-order valence-electron chi connectivity index (χ3n) is 4.14. The van der Waals surface area contributed by atoms with Crippen LogP contribution < -0.4 is 34.7 Å². The number of esters is 3. The molecule has 0 saturated heterocycles. The van der Waals surface area contributed by atoms with E-state index in [0.29, 0.717) is 12.2 Å². The minimum absolute atomic E-state index is 0. The second-order valence-electron chi connectivity index (χ2n) is 8.05. The van der Waals surface area contributed by atoms with Crippen molar-refractivity contribution in [3.8, 4) is 0 Å². The zero-order valence-corrected chi connectivity index (χ0v) is 28.2. The number of carboxylic acids is 1. The molecule has 0 aliphatic heterocycles. The molecule has 11 nitrogen and oxygen atoms in total. The molecule has 0 bridgehead atoms. The number of carboxylic acid groups (broad SMARTS) is 1. The van der Waals surface area contributed by atoms with E-state index < -0.39 is 39.7 Å². The molecule has 0 aliphatic carbocycles. The summed E-state index contributed by atoms with van der Waals surface area (Å²) in [7, 11) is -4.75. The molecular weight excluding hydrogens is 591 g/mol. The molecule has 1 rings (SSSR count). The molecule has 0 spiro atoms. The third kappa shape index (κ3) is 30.0. The first kappa shape index (κ1) is 46.7. The number of unbranched alkanes of at least 4 members (excludes halogenated alkanes) is 1. The molecule has 0 fully saturated rings. The second kappa shape index (κ2) is 28.8. The van der Waals surface area contributed by atoms with E-state index >= 15 is 0 Å². The smallest absolute Gasteiger partial charge is 0.545 e. The summed E-state index contributed by atoms with van der Waals surface area (Å²) in [6, 6.07) is 10.0. The van der Waals surface area contributed by atoms with E-state index in [2.05, 4.69) is 49.3 Å². The molecule has 0 aliphatic rings. The van der Waals surface area contributed by atoms with E-state index in [1.807, 2.05) is 36.4 Å². The number of carbonyl (C=O) groups excluding carboxylic acids is 4. The Morgan fingerprint density at radius 3 is 1.77 bits per heavy atom. The standard InChI is InChI=1S/C10H14O7S.C8H14O2.C8H8.C4H6O2.Na/c1-3-5-16-9(11)7-8(18(13,14)15)10(12)17-6-4-2;1-4-5-6-10-8(9)7(2)3;1-2-8-6-4-3-5-7-8;1-3(2)4(5)6;/h3-4,8H,1-2,5-7H2,(H,13,14,15);2,4-6H2,1,3H3;2-7H,1H2;1H2,2H3,(H,5,6);/q;;;;+1/p-1. The van der Waals surface area contributed by atoms with Crippen LogP contribution in [-0.2, 0) is 43.5 Å². The van der Waals surface area contributed by atoms with Gasteiger partial charge in [0, 0.05) is 5.57 Å². The molecule has 1 unspecified atom stereocenters. The Kier molecular flexibility index (Phi) is 31.3. The Bertz CT molecular complexity index is 1130. The topological polar surface area (TPSA) is 173 Å². The van der Waals surface area contributed by atoms with Crippen LogP contribution in [0.3, 0.4) is 0 Å². The summed E-state index contributed by atoms with van der Waals surface area (Å²) < 4.78 is 44.5. The largest absolute Gasteiger partial charge is 1.00 e. The molecular formula is C30H41NaO11S. The predicted molar refractivity (Wildman–Crippen MR) is 159 cm³/mol. The average Bonchev–Trinajstić information content (AvgIpc) is 2.94. The molecule has 13 heteroatoms. The van der Waals surface area contributed by atoms with Crippen LogP contribution in [0.5, 0.6) is 0 Å². The second-order valence-corrected chi connectivity index (χ2v) is 9.65. The van der Waals surface area contributed by atoms with Gasteiger partial charge < -0.3 is 24.1 Å². The summed E-state index contributed by atoms with van der Waals surface area (Å²) in [5, 5.41) is 7.48. The van der Waals surface area contributed by atoms with Crippen LogP contribution in [0.2, 0.25) is 0 Å². The quantitative estimate of drug-likeness (QED) is 0.0580. The van der Waals surface area contributed by atoms with Crippen molar-refractivity contribution in [2.75, 3.05) is 19.8 Å². The van der Waals surface area contributed by atoms with Gasteiger partial charge in [-0.1, -0.05) is 94.8 Å². The number of carbonyl (C=O) groups is 4. The van der Waals surface area contributed by atoms with Gasteiger partial charge in [0.15, 0.2) is 5.25 Å². The maximum absolute atomic E-state index is 11.3. The summed E-state index contributed by atoms with van der Waals surface area (Å²) in [5.74, 6) is -3.68. The average molecular weight is 633 g/mol. The summed E-state index contributed by atoms with van der Waals surface area (Å²) in [5.41, 5.74) is 1.71. The van der Waals surface area contributed by atoms with E-state index in [0.717, 1.165) is 12.8 Å². The molecule has 43 heavy (non-hydrogen) atoms. The minimum Gasteiger partial charge on any atom is -0.545 e. The number of benzene rings is 1. The number of rotatable bonds is 14. The van der Waals surface area contributed by atoms with Gasteiger partial charge in [-0.25, -0.2) is 4.79 Å². The maximum Gasteiger partial charge on any atom is 1.00 e. The Labute approximate surface area is 277 Å². The van der Waals surface area contributed by atoms with Crippen molar-refractivity contribution < 1.29 is 81.0 Å². The van der Waals surface area contributed by atoms with Crippen molar-refractivity contribution in [1.82, 2.24) is 0 Å². The maximum atomic E-state index is 11.3. The minimum atomic E-state index is -4.75. The van der Waals surface area contributed by atoms with Gasteiger partial charge in [0.25, 0.3) is 10.1 Å². The van der Waals surface area contributed by atoms with Gasteiger partial charge in [0.2, 0.25) is 0 Å². The Balaban J connectivity index is -0.000000257. The zero-order chi connectivity index (χ0) is 33.1. The predicted octanol–water partition coefficient (Wildman–Crippen LogP) is 0.643. The molecule has 0 heterocycles. The van der Waals surface area contributed by atoms with E-state index in [9.17, 15) is 32.7 Å². The number of hydrogen-bond acceptors (Lipinski definition) is 10. The third-order valence-corrected chi connectivity index (χ3v) is 5.22. The Morgan fingerprint density at radius 2 is 1.42 bits per heavy atom. The van der Waals surface area contributed by atoms with Gasteiger partial charge in [-0.15, -0.1) is 0 Å². The molecule has 0 amide bonds. The van der Waals surface area contributed by atoms with Crippen LogP contribution in [0.4, 0.5) is 0 Å². The fraction of sp³-hybridized carbons (Fsp3) is 0.333. The Morgan fingerprint density at radius 1 is 0.930 bits per heavy atom. The number of aliphatic carboxylic acids is 1. The molecule has 1 aromatic carbocycles. The first-order valence-electron chi connectivity index (χ1n) is 12.5. The van der Waals surface area contributed by atoms with Crippen molar-refractivity contribution in [1.29, 1.82) is 0 Å². The van der Waals surface area contributed by atoms with Gasteiger partial charge in [0.05, 0.1) is 19.0 Å². The molecule has 234 valence electrons. The van der Waals surface area contributed by atoms with E-state index in [1.165, 1.54) is 24.6 Å². The first-order valence-corrected chi connectivity index (χ1v) is 14.0. The van der Waals surface area contributed by atoms with Crippen molar-refractivity contribution >= 4 is 40.1 Å². The molecule has 1 atom stereocenters. The van der Waals surface area contributed by atoms with Crippen LogP contribution in [0.15, 0.2) is 86.5 Å². The van der Waals surface area contributed by atoms with E-state index in [4.69, 9.17) is 9.29 Å². The van der Waals surface area contributed by atoms with Crippen LogP contribution in [0.1, 0.15) is 45.6 Å². The molecule has 0 saturated carbocycles. The van der Waals surface area contributed by atoms with Gasteiger partial charge in [-0.05, 0) is 31.4 Å². The molecule has 1 aromatic rings. The monoisotopic (exact) mass is 632 g/mol. The van der Waals surface area contributed by atoms with Crippen molar-refractivity contribution in [2.24, 2.45) is 0 Å². The van der Waals surface area contributed by atoms with Crippen molar-refractivity contribution in [3.63, 3.8) is 0 Å². The van der Waals surface area contributed by atoms with Gasteiger partial charge in [-0.3, -0.25) is 14.1 Å².